The minimum absolute atomic E-state index is 0.0990. The van der Waals surface area contributed by atoms with Crippen LogP contribution in [0.5, 0.6) is 0 Å². The smallest absolute Gasteiger partial charge is 0.315 e. The second kappa shape index (κ2) is 8.01. The zero-order valence-corrected chi connectivity index (χ0v) is 11.2. The number of hydrogen-bond donors (Lipinski definition) is 2. The molecular formula is C13H20N2OS. The van der Waals surface area contributed by atoms with Gasteiger partial charge in [0.25, 0.3) is 0 Å². The zero-order valence-electron chi connectivity index (χ0n) is 10.4. The lowest BCUT2D eigenvalue weighted by atomic mass is 10.2. The minimum Gasteiger partial charge on any atom is -0.335 e. The Hall–Kier alpha value is -1.16. The molecule has 0 aromatic heterocycles. The molecule has 0 radical (unpaired) electrons. The van der Waals surface area contributed by atoms with Gasteiger partial charge in [-0.15, -0.1) is 0 Å². The third kappa shape index (κ3) is 6.22. The van der Waals surface area contributed by atoms with Crippen LogP contribution in [0.3, 0.4) is 0 Å². The molecule has 0 saturated carbocycles. The Kier molecular flexibility index (Phi) is 6.55. The standard InChI is InChI=1S/C13H20N2OS/c1-3-17-10-11(2)15-13(16)14-9-12-7-5-4-6-8-12/h4-8,11H,3,9-10H2,1-2H3,(H2,14,15,16). The van der Waals surface area contributed by atoms with Crippen molar-refractivity contribution in [2.45, 2.75) is 26.4 Å². The molecular weight excluding hydrogens is 232 g/mol. The van der Waals surface area contributed by atoms with E-state index in [1.165, 1.54) is 0 Å². The average molecular weight is 252 g/mol. The maximum absolute atomic E-state index is 11.6. The number of nitrogens with one attached hydrogen (secondary N) is 2. The van der Waals surface area contributed by atoms with Crippen molar-refractivity contribution in [3.05, 3.63) is 35.9 Å². The second-order valence-electron chi connectivity index (χ2n) is 3.87. The van der Waals surface area contributed by atoms with Crippen LogP contribution in [0.1, 0.15) is 19.4 Å². The van der Waals surface area contributed by atoms with Gasteiger partial charge in [0, 0.05) is 18.3 Å². The van der Waals surface area contributed by atoms with Gasteiger partial charge in [-0.2, -0.15) is 11.8 Å². The summed E-state index contributed by atoms with van der Waals surface area (Å²) in [5.74, 6) is 2.03. The zero-order chi connectivity index (χ0) is 12.5. The van der Waals surface area contributed by atoms with Crippen LogP contribution in [-0.2, 0) is 6.54 Å². The normalized spacial score (nSPS) is 11.9. The van der Waals surface area contributed by atoms with Gasteiger partial charge >= 0.3 is 6.03 Å². The van der Waals surface area contributed by atoms with Gasteiger partial charge in [0.1, 0.15) is 0 Å². The third-order valence-electron chi connectivity index (χ3n) is 2.25. The molecule has 1 atom stereocenters. The van der Waals surface area contributed by atoms with E-state index in [-0.39, 0.29) is 12.1 Å². The van der Waals surface area contributed by atoms with E-state index < -0.39 is 0 Å². The molecule has 0 aliphatic heterocycles. The second-order valence-corrected chi connectivity index (χ2v) is 5.19. The van der Waals surface area contributed by atoms with E-state index in [2.05, 4.69) is 17.6 Å². The summed E-state index contributed by atoms with van der Waals surface area (Å²) in [7, 11) is 0. The van der Waals surface area contributed by atoms with Gasteiger partial charge in [0.2, 0.25) is 0 Å². The van der Waals surface area contributed by atoms with E-state index in [4.69, 9.17) is 0 Å². The van der Waals surface area contributed by atoms with Gasteiger partial charge in [-0.1, -0.05) is 37.3 Å². The fourth-order valence-corrected chi connectivity index (χ4v) is 2.06. The van der Waals surface area contributed by atoms with Gasteiger partial charge in [0.05, 0.1) is 0 Å². The van der Waals surface area contributed by atoms with Crippen LogP contribution in [0.25, 0.3) is 0 Å². The third-order valence-corrected chi connectivity index (χ3v) is 3.39. The van der Waals surface area contributed by atoms with E-state index in [1.807, 2.05) is 49.0 Å². The first kappa shape index (κ1) is 13.9. The number of urea groups is 1. The monoisotopic (exact) mass is 252 g/mol. The number of carbonyl (C=O) groups is 1. The Labute approximate surface area is 107 Å². The lowest BCUT2D eigenvalue weighted by Crippen LogP contribution is -2.41. The van der Waals surface area contributed by atoms with Crippen molar-refractivity contribution in [1.29, 1.82) is 0 Å². The van der Waals surface area contributed by atoms with Crippen molar-refractivity contribution in [2.24, 2.45) is 0 Å². The summed E-state index contributed by atoms with van der Waals surface area (Å²) in [6, 6.07) is 10.00. The molecule has 0 fully saturated rings. The lowest BCUT2D eigenvalue weighted by molar-refractivity contribution is 0.238. The molecule has 17 heavy (non-hydrogen) atoms. The summed E-state index contributed by atoms with van der Waals surface area (Å²) >= 11 is 1.83. The lowest BCUT2D eigenvalue weighted by Gasteiger charge is -2.13. The minimum atomic E-state index is -0.0990. The fourth-order valence-electron chi connectivity index (χ4n) is 1.39. The molecule has 1 unspecified atom stereocenters. The van der Waals surface area contributed by atoms with E-state index in [0.29, 0.717) is 6.54 Å². The first-order valence-corrected chi connectivity index (χ1v) is 7.04. The highest BCUT2D eigenvalue weighted by Gasteiger charge is 2.05. The number of amides is 2. The first-order chi connectivity index (χ1) is 8.22. The van der Waals surface area contributed by atoms with Crippen molar-refractivity contribution in [2.75, 3.05) is 11.5 Å². The predicted molar refractivity (Wildman–Crippen MR) is 74.3 cm³/mol. The molecule has 0 aliphatic carbocycles. The number of rotatable bonds is 6. The van der Waals surface area contributed by atoms with Gasteiger partial charge in [0.15, 0.2) is 0 Å². The Balaban J connectivity index is 2.21. The van der Waals surface area contributed by atoms with Crippen LogP contribution in [-0.4, -0.2) is 23.6 Å². The summed E-state index contributed by atoms with van der Waals surface area (Å²) in [6.45, 7) is 4.71. The van der Waals surface area contributed by atoms with Gasteiger partial charge in [-0.3, -0.25) is 0 Å². The maximum atomic E-state index is 11.6. The predicted octanol–water partition coefficient (Wildman–Crippen LogP) is 2.63. The molecule has 0 spiro atoms. The van der Waals surface area contributed by atoms with Crippen molar-refractivity contribution < 1.29 is 4.79 Å². The van der Waals surface area contributed by atoms with Crippen molar-refractivity contribution >= 4 is 17.8 Å². The summed E-state index contributed by atoms with van der Waals surface area (Å²) in [6.07, 6.45) is 0. The Bertz CT molecular complexity index is 329. The fraction of sp³-hybridized carbons (Fsp3) is 0.462. The van der Waals surface area contributed by atoms with Crippen LogP contribution in [0.15, 0.2) is 30.3 Å². The number of thioether (sulfide) groups is 1. The van der Waals surface area contributed by atoms with Crippen molar-refractivity contribution in [3.63, 3.8) is 0 Å². The quantitative estimate of drug-likeness (QED) is 0.817. The summed E-state index contributed by atoms with van der Waals surface area (Å²) in [5.41, 5.74) is 1.11. The molecule has 0 aliphatic rings. The number of benzene rings is 1. The summed E-state index contributed by atoms with van der Waals surface area (Å²) in [4.78, 5) is 11.6. The Morgan fingerprint density at radius 2 is 2.06 bits per heavy atom. The molecule has 4 heteroatoms. The summed E-state index contributed by atoms with van der Waals surface area (Å²) in [5, 5.41) is 5.76. The molecule has 1 aromatic rings. The van der Waals surface area contributed by atoms with Gasteiger partial charge in [-0.05, 0) is 18.2 Å². The highest BCUT2D eigenvalue weighted by atomic mass is 32.2. The van der Waals surface area contributed by atoms with E-state index >= 15 is 0 Å². The van der Waals surface area contributed by atoms with E-state index in [9.17, 15) is 4.79 Å². The van der Waals surface area contributed by atoms with Gasteiger partial charge in [-0.25, -0.2) is 4.79 Å². The molecule has 0 bridgehead atoms. The molecule has 3 nitrogen and oxygen atoms in total. The maximum Gasteiger partial charge on any atom is 0.315 e. The van der Waals surface area contributed by atoms with E-state index in [0.717, 1.165) is 17.1 Å². The molecule has 1 aromatic carbocycles. The van der Waals surface area contributed by atoms with Crippen LogP contribution in [0.4, 0.5) is 4.79 Å². The van der Waals surface area contributed by atoms with Crippen molar-refractivity contribution in [3.8, 4) is 0 Å². The molecule has 94 valence electrons. The molecule has 2 N–H and O–H groups in total. The SMILES string of the molecule is CCSCC(C)NC(=O)NCc1ccccc1. The number of carbonyl (C=O) groups excluding carboxylic acids is 1. The Morgan fingerprint density at radius 1 is 1.35 bits per heavy atom. The van der Waals surface area contributed by atoms with Crippen LogP contribution in [0.2, 0.25) is 0 Å². The summed E-state index contributed by atoms with van der Waals surface area (Å²) < 4.78 is 0. The van der Waals surface area contributed by atoms with Gasteiger partial charge < -0.3 is 10.6 Å². The molecule has 1 rings (SSSR count). The molecule has 2 amide bonds. The van der Waals surface area contributed by atoms with Crippen LogP contribution in [0, 0.1) is 0 Å². The molecule has 0 heterocycles. The van der Waals surface area contributed by atoms with Crippen LogP contribution < -0.4 is 10.6 Å². The van der Waals surface area contributed by atoms with E-state index in [1.54, 1.807) is 0 Å². The van der Waals surface area contributed by atoms with Crippen LogP contribution >= 0.6 is 11.8 Å². The topological polar surface area (TPSA) is 41.1 Å². The average Bonchev–Trinajstić information content (AvgIpc) is 2.35. The Morgan fingerprint density at radius 3 is 2.71 bits per heavy atom. The van der Waals surface area contributed by atoms with Crippen molar-refractivity contribution in [1.82, 2.24) is 10.6 Å². The number of hydrogen-bond acceptors (Lipinski definition) is 2. The largest absolute Gasteiger partial charge is 0.335 e. The first-order valence-electron chi connectivity index (χ1n) is 5.88. The molecule has 0 saturated heterocycles. The highest BCUT2D eigenvalue weighted by Crippen LogP contribution is 2.01. The highest BCUT2D eigenvalue weighted by molar-refractivity contribution is 7.99.